The Labute approximate surface area is 116 Å². The first-order valence-electron chi connectivity index (χ1n) is 6.21. The maximum atomic E-state index is 11.8. The number of oxime groups is 1. The largest absolute Gasteiger partial charge is 0.445 e. The zero-order valence-corrected chi connectivity index (χ0v) is 11.5. The van der Waals surface area contributed by atoms with Crippen molar-refractivity contribution in [2.45, 2.75) is 20.8 Å². The van der Waals surface area contributed by atoms with E-state index in [4.69, 9.17) is 4.84 Å². The monoisotopic (exact) mass is 273 g/mol. The standard InChI is InChI=1S/C14H15N3O3/c1-9(2)11-7-12(10(3)6-13(11)18)16-20-14(19)17-5-4-15-8-17/h4-9H,1-3H3/b16-12+. The summed E-state index contributed by atoms with van der Waals surface area (Å²) in [7, 11) is 0. The molecule has 0 spiro atoms. The van der Waals surface area contributed by atoms with Gasteiger partial charge in [0, 0.05) is 18.0 Å². The van der Waals surface area contributed by atoms with Crippen LogP contribution in [0.1, 0.15) is 20.8 Å². The summed E-state index contributed by atoms with van der Waals surface area (Å²) >= 11 is 0. The summed E-state index contributed by atoms with van der Waals surface area (Å²) in [5, 5.41) is 3.81. The Morgan fingerprint density at radius 1 is 1.40 bits per heavy atom. The smallest absolute Gasteiger partial charge is 0.297 e. The predicted octanol–water partition coefficient (Wildman–Crippen LogP) is 2.34. The molecule has 104 valence electrons. The van der Waals surface area contributed by atoms with Crippen LogP contribution >= 0.6 is 0 Å². The van der Waals surface area contributed by atoms with Gasteiger partial charge in [0.15, 0.2) is 5.78 Å². The van der Waals surface area contributed by atoms with Crippen molar-refractivity contribution < 1.29 is 14.4 Å². The molecule has 6 heteroatoms. The molecule has 1 heterocycles. The maximum Gasteiger partial charge on any atom is 0.445 e. The van der Waals surface area contributed by atoms with Gasteiger partial charge in [-0.15, -0.1) is 0 Å². The zero-order chi connectivity index (χ0) is 14.7. The summed E-state index contributed by atoms with van der Waals surface area (Å²) in [5.74, 6) is 0.0544. The molecule has 1 aliphatic carbocycles. The van der Waals surface area contributed by atoms with Crippen LogP contribution in [0.25, 0.3) is 0 Å². The van der Waals surface area contributed by atoms with E-state index < -0.39 is 6.09 Å². The van der Waals surface area contributed by atoms with Crippen molar-refractivity contribution in [1.29, 1.82) is 0 Å². The maximum absolute atomic E-state index is 11.8. The molecule has 0 saturated carbocycles. The van der Waals surface area contributed by atoms with Gasteiger partial charge in [-0.25, -0.2) is 14.3 Å². The molecule has 0 aromatic carbocycles. The highest BCUT2D eigenvalue weighted by Gasteiger charge is 2.19. The van der Waals surface area contributed by atoms with Crippen LogP contribution in [-0.2, 0) is 9.63 Å². The molecule has 0 atom stereocenters. The Balaban J connectivity index is 2.18. The molecule has 1 aromatic heterocycles. The number of carbonyl (C=O) groups is 2. The lowest BCUT2D eigenvalue weighted by Crippen LogP contribution is -2.17. The van der Waals surface area contributed by atoms with Crippen LogP contribution in [0.3, 0.4) is 0 Å². The van der Waals surface area contributed by atoms with E-state index in [1.165, 1.54) is 29.4 Å². The van der Waals surface area contributed by atoms with Crippen LogP contribution in [0, 0.1) is 5.92 Å². The van der Waals surface area contributed by atoms with E-state index in [0.717, 1.165) is 0 Å². The minimum absolute atomic E-state index is 0.0302. The van der Waals surface area contributed by atoms with Crippen molar-refractivity contribution >= 4 is 17.6 Å². The first-order chi connectivity index (χ1) is 9.49. The van der Waals surface area contributed by atoms with Crippen LogP contribution in [0.4, 0.5) is 4.79 Å². The summed E-state index contributed by atoms with van der Waals surface area (Å²) < 4.78 is 1.17. The second-order valence-corrected chi connectivity index (χ2v) is 4.75. The predicted molar refractivity (Wildman–Crippen MR) is 73.2 cm³/mol. The van der Waals surface area contributed by atoms with Gasteiger partial charge in [0.05, 0.1) is 0 Å². The van der Waals surface area contributed by atoms with E-state index in [1.54, 1.807) is 13.0 Å². The Hall–Kier alpha value is -2.50. The lowest BCUT2D eigenvalue weighted by atomic mass is 9.90. The second-order valence-electron chi connectivity index (χ2n) is 4.75. The Morgan fingerprint density at radius 2 is 2.15 bits per heavy atom. The summed E-state index contributed by atoms with van der Waals surface area (Å²) in [6.07, 6.45) is 6.76. The summed E-state index contributed by atoms with van der Waals surface area (Å²) in [6.45, 7) is 5.59. The number of carbonyl (C=O) groups excluding carboxylic acids is 2. The molecule has 0 radical (unpaired) electrons. The lowest BCUT2D eigenvalue weighted by molar-refractivity contribution is -0.111. The van der Waals surface area contributed by atoms with Gasteiger partial charge in [-0.3, -0.25) is 9.63 Å². The van der Waals surface area contributed by atoms with E-state index in [9.17, 15) is 9.59 Å². The Morgan fingerprint density at radius 3 is 2.75 bits per heavy atom. The second kappa shape index (κ2) is 5.64. The lowest BCUT2D eigenvalue weighted by Gasteiger charge is -2.14. The summed E-state index contributed by atoms with van der Waals surface area (Å²) in [4.78, 5) is 32.0. The van der Waals surface area contributed by atoms with E-state index in [0.29, 0.717) is 16.9 Å². The number of allylic oxidation sites excluding steroid dienone is 4. The highest BCUT2D eigenvalue weighted by Crippen LogP contribution is 2.19. The SMILES string of the molecule is CC1=CC(=O)C(C(C)C)=C/C1=N\OC(=O)n1ccnc1. The van der Waals surface area contributed by atoms with Gasteiger partial charge in [0.25, 0.3) is 0 Å². The van der Waals surface area contributed by atoms with Crippen molar-refractivity contribution in [3.8, 4) is 0 Å². The van der Waals surface area contributed by atoms with E-state index in [-0.39, 0.29) is 11.7 Å². The third kappa shape index (κ3) is 2.90. The van der Waals surface area contributed by atoms with Gasteiger partial charge >= 0.3 is 6.09 Å². The van der Waals surface area contributed by atoms with Crippen molar-refractivity contribution in [2.24, 2.45) is 11.1 Å². The average Bonchev–Trinajstić information content (AvgIpc) is 2.90. The number of imidazole rings is 1. The van der Waals surface area contributed by atoms with Gasteiger partial charge < -0.3 is 0 Å². The summed E-state index contributed by atoms with van der Waals surface area (Å²) in [6, 6.07) is 0. The molecule has 0 saturated heterocycles. The molecule has 0 amide bonds. The van der Waals surface area contributed by atoms with Gasteiger partial charge in [0.2, 0.25) is 0 Å². The molecule has 1 aliphatic rings. The fourth-order valence-corrected chi connectivity index (χ4v) is 1.74. The molecule has 2 rings (SSSR count). The van der Waals surface area contributed by atoms with Crippen LogP contribution < -0.4 is 0 Å². The van der Waals surface area contributed by atoms with Crippen LogP contribution in [0.5, 0.6) is 0 Å². The average molecular weight is 273 g/mol. The topological polar surface area (TPSA) is 73.5 Å². The molecule has 0 fully saturated rings. The molecule has 20 heavy (non-hydrogen) atoms. The Kier molecular flexibility index (Phi) is 3.93. The molecule has 0 unspecified atom stereocenters. The molecule has 6 nitrogen and oxygen atoms in total. The molecule has 0 bridgehead atoms. The highest BCUT2D eigenvalue weighted by atomic mass is 16.7. The van der Waals surface area contributed by atoms with E-state index in [1.807, 2.05) is 13.8 Å². The number of aromatic nitrogens is 2. The number of hydrogen-bond acceptors (Lipinski definition) is 5. The van der Waals surface area contributed by atoms with Crippen LogP contribution in [0.15, 0.2) is 47.2 Å². The van der Waals surface area contributed by atoms with Gasteiger partial charge in [0.1, 0.15) is 12.0 Å². The first kappa shape index (κ1) is 13.9. The number of ketones is 1. The summed E-state index contributed by atoms with van der Waals surface area (Å²) in [5.41, 5.74) is 1.78. The van der Waals surface area contributed by atoms with Crippen molar-refractivity contribution in [1.82, 2.24) is 9.55 Å². The molecule has 0 aliphatic heterocycles. The van der Waals surface area contributed by atoms with Crippen LogP contribution in [-0.4, -0.2) is 27.1 Å². The normalized spacial score (nSPS) is 17.2. The molecule has 1 aromatic rings. The van der Waals surface area contributed by atoms with Gasteiger partial charge in [-0.05, 0) is 30.6 Å². The third-order valence-corrected chi connectivity index (χ3v) is 2.89. The number of rotatable bonds is 2. The zero-order valence-electron chi connectivity index (χ0n) is 11.5. The first-order valence-corrected chi connectivity index (χ1v) is 6.21. The van der Waals surface area contributed by atoms with Crippen molar-refractivity contribution in [3.05, 3.63) is 42.0 Å². The fraction of sp³-hybridized carbons (Fsp3) is 0.286. The number of nitrogens with zero attached hydrogens (tertiary/aromatic N) is 3. The van der Waals surface area contributed by atoms with E-state index in [2.05, 4.69) is 10.1 Å². The van der Waals surface area contributed by atoms with Gasteiger partial charge in [-0.2, -0.15) is 0 Å². The Bertz CT molecular complexity index is 622. The highest BCUT2D eigenvalue weighted by molar-refractivity contribution is 6.21. The minimum Gasteiger partial charge on any atom is -0.297 e. The molecular weight excluding hydrogens is 258 g/mol. The van der Waals surface area contributed by atoms with Gasteiger partial charge in [-0.1, -0.05) is 19.0 Å². The van der Waals surface area contributed by atoms with Crippen molar-refractivity contribution in [3.63, 3.8) is 0 Å². The molecule has 0 N–H and O–H groups in total. The van der Waals surface area contributed by atoms with E-state index >= 15 is 0 Å². The third-order valence-electron chi connectivity index (χ3n) is 2.89. The molecular formula is C14H15N3O3. The number of hydrogen-bond donors (Lipinski definition) is 0. The minimum atomic E-state index is -0.654. The quantitative estimate of drug-likeness (QED) is 0.471. The van der Waals surface area contributed by atoms with Crippen molar-refractivity contribution in [2.75, 3.05) is 0 Å². The van der Waals surface area contributed by atoms with Crippen LogP contribution in [0.2, 0.25) is 0 Å². The fourth-order valence-electron chi connectivity index (χ4n) is 1.74.